The maximum atomic E-state index is 5.28. The minimum absolute atomic E-state index is 0.108. The molecule has 13 aromatic rings. The van der Waals surface area contributed by atoms with Crippen molar-refractivity contribution in [2.24, 2.45) is 0 Å². The fourth-order valence-corrected chi connectivity index (χ4v) is 14.8. The van der Waals surface area contributed by atoms with Gasteiger partial charge in [-0.3, -0.25) is 0 Å². The van der Waals surface area contributed by atoms with Gasteiger partial charge in [0.15, 0.2) is 34.9 Å². The Labute approximate surface area is 500 Å². The minimum Gasteiger partial charge on any atom is -0.208 e. The van der Waals surface area contributed by atoms with Crippen LogP contribution in [0.2, 0.25) is 0 Å². The second-order valence-electron chi connectivity index (χ2n) is 24.5. The summed E-state index contributed by atoms with van der Waals surface area (Å²) < 4.78 is 0. The van der Waals surface area contributed by atoms with Crippen LogP contribution >= 0.6 is 0 Å². The van der Waals surface area contributed by atoms with Gasteiger partial charge < -0.3 is 0 Å². The molecule has 2 heterocycles. The van der Waals surface area contributed by atoms with Gasteiger partial charge in [0.05, 0.1) is 0 Å². The number of hydrogen-bond donors (Lipinski definition) is 0. The van der Waals surface area contributed by atoms with E-state index in [2.05, 4.69) is 246 Å². The Bertz CT molecular complexity index is 4620. The molecule has 86 heavy (non-hydrogen) atoms. The van der Waals surface area contributed by atoms with E-state index in [1.807, 2.05) is 36.4 Å². The highest BCUT2D eigenvalue weighted by Crippen LogP contribution is 2.58. The summed E-state index contributed by atoms with van der Waals surface area (Å²) >= 11 is 0. The molecule has 6 heteroatoms. The molecule has 18 rings (SSSR count). The van der Waals surface area contributed by atoms with Gasteiger partial charge in [0.1, 0.15) is 0 Å². The highest BCUT2D eigenvalue weighted by Gasteiger charge is 2.42. The third-order valence-corrected chi connectivity index (χ3v) is 19.0. The fourth-order valence-electron chi connectivity index (χ4n) is 14.8. The first-order valence-corrected chi connectivity index (χ1v) is 29.8. The van der Waals surface area contributed by atoms with Gasteiger partial charge in [-0.25, -0.2) is 29.9 Å². The summed E-state index contributed by atoms with van der Waals surface area (Å²) in [4.78, 5) is 31.3. The third-order valence-electron chi connectivity index (χ3n) is 19.0. The standard InChI is InChI=1S/C80H56N6/c1-79(2)65-29-15-13-25-59(65)71-61(27-17-31-67(71)79)77-83-73(49-19-7-5-8-20-49)81-75(85-77)51-37-33-47(34-38-51)53-41-43-57-63(45-53)69-55-23-11-12-24-56(55)70(57)64-46-54(42-44-58(64)69)48-35-39-52(40-36-48)76-82-74(50-21-9-6-10-22-50)84-78(86-76)62-28-18-32-68-72(62)60-26-14-16-30-66(60)80(68,3)4/h5-46,69-70H,1-4H3. The first-order chi connectivity index (χ1) is 42.1. The van der Waals surface area contributed by atoms with Crippen molar-refractivity contribution < 1.29 is 0 Å². The summed E-state index contributed by atoms with van der Waals surface area (Å²) in [5, 5.41) is 0. The molecular weight excluding hydrogens is 1040 g/mol. The monoisotopic (exact) mass is 1100 g/mol. The summed E-state index contributed by atoms with van der Waals surface area (Å²) in [6, 6.07) is 92.0. The van der Waals surface area contributed by atoms with Crippen molar-refractivity contribution in [3.63, 3.8) is 0 Å². The SMILES string of the molecule is CC1(C)c2ccccc2-c2c(-c3nc(-c4ccccc4)nc(-c4ccc(-c5ccc6c(c5)C5c7ccccc7C6c6cc(-c7ccc(-c8nc(-c9ccccc9)nc(-c9cccc%10c9-c9ccccc9C%10(C)C)n8)cc7)ccc65)cc4)n3)cccc21. The van der Waals surface area contributed by atoms with Crippen molar-refractivity contribution in [1.29, 1.82) is 0 Å². The van der Waals surface area contributed by atoms with Crippen LogP contribution < -0.4 is 0 Å². The van der Waals surface area contributed by atoms with Crippen LogP contribution in [-0.2, 0) is 10.8 Å². The zero-order valence-electron chi connectivity index (χ0n) is 48.1. The number of fused-ring (bicyclic) bond motifs is 6. The molecule has 2 atom stereocenters. The summed E-state index contributed by atoms with van der Waals surface area (Å²) in [5.41, 5.74) is 28.5. The molecule has 0 fully saturated rings. The molecule has 406 valence electrons. The van der Waals surface area contributed by atoms with Gasteiger partial charge in [-0.1, -0.05) is 270 Å². The van der Waals surface area contributed by atoms with E-state index in [9.17, 15) is 0 Å². The zero-order chi connectivity index (χ0) is 57.4. The van der Waals surface area contributed by atoms with Crippen LogP contribution in [0.5, 0.6) is 0 Å². The van der Waals surface area contributed by atoms with Gasteiger partial charge >= 0.3 is 0 Å². The second-order valence-corrected chi connectivity index (χ2v) is 24.5. The zero-order valence-corrected chi connectivity index (χ0v) is 48.1. The minimum atomic E-state index is -0.145. The molecule has 2 aromatic heterocycles. The average Bonchev–Trinajstić information content (AvgIpc) is 0.895. The Morgan fingerprint density at radius 1 is 0.221 bits per heavy atom. The smallest absolute Gasteiger partial charge is 0.164 e. The molecule has 0 aliphatic heterocycles. The first-order valence-electron chi connectivity index (χ1n) is 29.8. The van der Waals surface area contributed by atoms with Crippen molar-refractivity contribution in [2.75, 3.05) is 0 Å². The molecule has 0 amide bonds. The lowest BCUT2D eigenvalue weighted by Gasteiger charge is -2.42. The van der Waals surface area contributed by atoms with Gasteiger partial charge in [-0.15, -0.1) is 0 Å². The number of hydrogen-bond acceptors (Lipinski definition) is 6. The summed E-state index contributed by atoms with van der Waals surface area (Å²) in [7, 11) is 0. The summed E-state index contributed by atoms with van der Waals surface area (Å²) in [6.45, 7) is 9.24. The molecule has 0 N–H and O–H groups in total. The van der Waals surface area contributed by atoms with Crippen molar-refractivity contribution in [3.8, 4) is 113 Å². The highest BCUT2D eigenvalue weighted by atomic mass is 15.0. The summed E-state index contributed by atoms with van der Waals surface area (Å²) in [5.74, 6) is 4.15. The largest absolute Gasteiger partial charge is 0.208 e. The van der Waals surface area contributed by atoms with Gasteiger partial charge in [0, 0.05) is 56.0 Å². The first kappa shape index (κ1) is 50.0. The van der Waals surface area contributed by atoms with Crippen LogP contribution in [0.1, 0.15) is 95.2 Å². The van der Waals surface area contributed by atoms with Gasteiger partial charge in [-0.05, 0) is 112 Å². The third kappa shape index (κ3) is 7.65. The lowest BCUT2D eigenvalue weighted by molar-refractivity contribution is 0.660. The Morgan fingerprint density at radius 2 is 0.512 bits per heavy atom. The topological polar surface area (TPSA) is 77.3 Å². The Kier molecular flexibility index (Phi) is 11.0. The van der Waals surface area contributed by atoms with E-state index in [1.165, 1.54) is 89.0 Å². The molecule has 0 radical (unpaired) electrons. The fraction of sp³-hybridized carbons (Fsp3) is 0.100. The van der Waals surface area contributed by atoms with E-state index in [0.29, 0.717) is 34.9 Å². The molecule has 5 aliphatic carbocycles. The Morgan fingerprint density at radius 3 is 0.919 bits per heavy atom. The maximum Gasteiger partial charge on any atom is 0.164 e. The van der Waals surface area contributed by atoms with Crippen molar-refractivity contribution in [3.05, 3.63) is 310 Å². The molecule has 2 unspecified atom stereocenters. The lowest BCUT2D eigenvalue weighted by atomic mass is 9.60. The predicted molar refractivity (Wildman–Crippen MR) is 347 cm³/mol. The van der Waals surface area contributed by atoms with Crippen LogP contribution in [0.4, 0.5) is 0 Å². The van der Waals surface area contributed by atoms with Crippen LogP contribution in [0.3, 0.4) is 0 Å². The average molecular weight is 1100 g/mol. The Hall–Kier alpha value is -10.6. The molecule has 11 aromatic carbocycles. The molecule has 0 spiro atoms. The van der Waals surface area contributed by atoms with E-state index >= 15 is 0 Å². The number of benzene rings is 11. The van der Waals surface area contributed by atoms with E-state index in [-0.39, 0.29) is 22.7 Å². The number of aromatic nitrogens is 6. The number of rotatable bonds is 8. The van der Waals surface area contributed by atoms with E-state index in [0.717, 1.165) is 44.5 Å². The Balaban J connectivity index is 0.697. The quantitative estimate of drug-likeness (QED) is 0.151. The van der Waals surface area contributed by atoms with Crippen molar-refractivity contribution in [2.45, 2.75) is 50.4 Å². The van der Waals surface area contributed by atoms with Gasteiger partial charge in [0.25, 0.3) is 0 Å². The molecular formula is C80H56N6. The van der Waals surface area contributed by atoms with Crippen LogP contribution in [0, 0.1) is 0 Å². The van der Waals surface area contributed by atoms with Crippen molar-refractivity contribution >= 4 is 0 Å². The molecule has 0 saturated carbocycles. The van der Waals surface area contributed by atoms with E-state index in [4.69, 9.17) is 29.9 Å². The number of nitrogens with zero attached hydrogens (tertiary/aromatic N) is 6. The van der Waals surface area contributed by atoms with Crippen LogP contribution in [-0.4, -0.2) is 29.9 Å². The lowest BCUT2D eigenvalue weighted by Crippen LogP contribution is -2.27. The molecule has 2 bridgehead atoms. The highest BCUT2D eigenvalue weighted by molar-refractivity contribution is 5.93. The molecule has 6 nitrogen and oxygen atoms in total. The predicted octanol–water partition coefficient (Wildman–Crippen LogP) is 19.0. The second kappa shape index (κ2) is 19.0. The normalized spacial score (nSPS) is 15.6. The van der Waals surface area contributed by atoms with Gasteiger partial charge in [-0.2, -0.15) is 0 Å². The molecule has 0 saturated heterocycles. The van der Waals surface area contributed by atoms with Crippen molar-refractivity contribution in [1.82, 2.24) is 29.9 Å². The molecule has 5 aliphatic rings. The van der Waals surface area contributed by atoms with Gasteiger partial charge in [0.2, 0.25) is 0 Å². The van der Waals surface area contributed by atoms with Crippen LogP contribution in [0.25, 0.3) is 113 Å². The summed E-state index contributed by atoms with van der Waals surface area (Å²) in [6.07, 6.45) is 0. The van der Waals surface area contributed by atoms with Crippen LogP contribution in [0.15, 0.2) is 255 Å². The maximum absolute atomic E-state index is 5.28. The van der Waals surface area contributed by atoms with E-state index < -0.39 is 0 Å². The van der Waals surface area contributed by atoms with E-state index in [1.54, 1.807) is 0 Å².